The van der Waals surface area contributed by atoms with Crippen molar-refractivity contribution in [1.82, 2.24) is 5.32 Å². The van der Waals surface area contributed by atoms with E-state index < -0.39 is 5.41 Å². The molecule has 0 radical (unpaired) electrons. The van der Waals surface area contributed by atoms with E-state index in [0.717, 1.165) is 38.5 Å². The molecule has 21 heavy (non-hydrogen) atoms. The average Bonchev–Trinajstić information content (AvgIpc) is 2.47. The highest BCUT2D eigenvalue weighted by Crippen LogP contribution is 2.33. The van der Waals surface area contributed by atoms with Gasteiger partial charge in [0.2, 0.25) is 5.91 Å². The number of nitrogens with two attached hydrogens (primary N) is 1. The summed E-state index contributed by atoms with van der Waals surface area (Å²) in [5.74, 6) is 0.680. The standard InChI is InChI=1S/C17H32N2OS/c1-4-11-17(12-5-2,15(18)21)16(20)19-14-10-8-7-9-13(14)6-3/h13-14H,4-12H2,1-3H3,(H2,18,21)(H,19,20). The van der Waals surface area contributed by atoms with Gasteiger partial charge in [0.05, 0.1) is 10.4 Å². The van der Waals surface area contributed by atoms with E-state index in [2.05, 4.69) is 26.1 Å². The van der Waals surface area contributed by atoms with Crippen LogP contribution < -0.4 is 11.1 Å². The molecule has 0 bridgehead atoms. The van der Waals surface area contributed by atoms with Crippen molar-refractivity contribution in [3.8, 4) is 0 Å². The molecule has 1 amide bonds. The molecule has 1 saturated carbocycles. The summed E-state index contributed by atoms with van der Waals surface area (Å²) in [6.45, 7) is 6.39. The van der Waals surface area contributed by atoms with Crippen molar-refractivity contribution in [2.45, 2.75) is 84.6 Å². The maximum atomic E-state index is 12.9. The van der Waals surface area contributed by atoms with E-state index in [1.54, 1.807) is 0 Å². The number of thiocarbonyl (C=S) groups is 1. The highest BCUT2D eigenvalue weighted by molar-refractivity contribution is 7.80. The summed E-state index contributed by atoms with van der Waals surface area (Å²) < 4.78 is 0. The smallest absolute Gasteiger partial charge is 0.233 e. The number of nitrogens with one attached hydrogen (secondary N) is 1. The zero-order valence-electron chi connectivity index (χ0n) is 13.9. The summed E-state index contributed by atoms with van der Waals surface area (Å²) in [6, 6.07) is 0.304. The van der Waals surface area contributed by atoms with Crippen LogP contribution in [-0.2, 0) is 4.79 Å². The zero-order chi connectivity index (χ0) is 15.9. The summed E-state index contributed by atoms with van der Waals surface area (Å²) >= 11 is 5.28. The molecule has 0 heterocycles. The van der Waals surface area contributed by atoms with Gasteiger partial charge in [0.1, 0.15) is 0 Å². The molecule has 122 valence electrons. The molecule has 1 aliphatic carbocycles. The second-order valence-corrected chi connectivity index (χ2v) is 6.92. The summed E-state index contributed by atoms with van der Waals surface area (Å²) in [7, 11) is 0. The highest BCUT2D eigenvalue weighted by Gasteiger charge is 2.41. The number of hydrogen-bond acceptors (Lipinski definition) is 2. The van der Waals surface area contributed by atoms with Gasteiger partial charge in [-0.1, -0.05) is 65.1 Å². The van der Waals surface area contributed by atoms with Gasteiger partial charge < -0.3 is 11.1 Å². The monoisotopic (exact) mass is 312 g/mol. The van der Waals surface area contributed by atoms with Gasteiger partial charge in [-0.3, -0.25) is 4.79 Å². The van der Waals surface area contributed by atoms with E-state index in [1.165, 1.54) is 19.3 Å². The van der Waals surface area contributed by atoms with Crippen molar-refractivity contribution >= 4 is 23.1 Å². The minimum Gasteiger partial charge on any atom is -0.392 e. The Kier molecular flexibility index (Phi) is 7.64. The first-order valence-corrected chi connectivity index (χ1v) is 9.03. The molecule has 1 rings (SSSR count). The van der Waals surface area contributed by atoms with E-state index >= 15 is 0 Å². The Morgan fingerprint density at radius 3 is 2.24 bits per heavy atom. The lowest BCUT2D eigenvalue weighted by Crippen LogP contribution is -2.53. The topological polar surface area (TPSA) is 55.1 Å². The van der Waals surface area contributed by atoms with Gasteiger partial charge >= 0.3 is 0 Å². The van der Waals surface area contributed by atoms with Gasteiger partial charge in [-0.05, 0) is 31.6 Å². The van der Waals surface area contributed by atoms with Gasteiger partial charge in [-0.2, -0.15) is 0 Å². The molecular weight excluding hydrogens is 280 g/mol. The molecule has 4 heteroatoms. The average molecular weight is 313 g/mol. The molecule has 1 aliphatic rings. The number of amides is 1. The van der Waals surface area contributed by atoms with Gasteiger partial charge in [0.25, 0.3) is 0 Å². The zero-order valence-corrected chi connectivity index (χ0v) is 14.7. The van der Waals surface area contributed by atoms with Crippen molar-refractivity contribution in [3.63, 3.8) is 0 Å². The van der Waals surface area contributed by atoms with E-state index in [0.29, 0.717) is 16.9 Å². The molecule has 2 atom stereocenters. The molecule has 0 aliphatic heterocycles. The molecule has 0 saturated heterocycles. The second-order valence-electron chi connectivity index (χ2n) is 6.48. The van der Waals surface area contributed by atoms with Crippen LogP contribution in [0.1, 0.15) is 78.6 Å². The fourth-order valence-electron chi connectivity index (χ4n) is 3.76. The van der Waals surface area contributed by atoms with Crippen molar-refractivity contribution in [1.29, 1.82) is 0 Å². The number of rotatable bonds is 8. The fraction of sp³-hybridized carbons (Fsp3) is 0.882. The van der Waals surface area contributed by atoms with Crippen LogP contribution in [0, 0.1) is 11.3 Å². The lowest BCUT2D eigenvalue weighted by molar-refractivity contribution is -0.129. The fourth-order valence-corrected chi connectivity index (χ4v) is 4.05. The van der Waals surface area contributed by atoms with Crippen LogP contribution in [0.4, 0.5) is 0 Å². The minimum atomic E-state index is -0.644. The van der Waals surface area contributed by atoms with E-state index in [1.807, 2.05) is 0 Å². The first kappa shape index (κ1) is 18.4. The quantitative estimate of drug-likeness (QED) is 0.667. The first-order chi connectivity index (χ1) is 10.0. The summed E-state index contributed by atoms with van der Waals surface area (Å²) in [5.41, 5.74) is 5.34. The number of carbonyl (C=O) groups excluding carboxylic acids is 1. The van der Waals surface area contributed by atoms with Gasteiger partial charge in [0, 0.05) is 6.04 Å². The van der Waals surface area contributed by atoms with Crippen LogP contribution in [0.2, 0.25) is 0 Å². The Hall–Kier alpha value is -0.640. The molecule has 0 aromatic carbocycles. The van der Waals surface area contributed by atoms with Crippen molar-refractivity contribution in [2.75, 3.05) is 0 Å². The number of hydrogen-bond donors (Lipinski definition) is 2. The SMILES string of the molecule is CCCC(CCC)(C(=O)NC1CCCCC1CC)C(N)=S. The van der Waals surface area contributed by atoms with Crippen LogP contribution in [0.5, 0.6) is 0 Å². The maximum absolute atomic E-state index is 12.9. The third kappa shape index (κ3) is 4.41. The Morgan fingerprint density at radius 2 is 1.76 bits per heavy atom. The lowest BCUT2D eigenvalue weighted by atomic mass is 9.76. The number of carbonyl (C=O) groups is 1. The van der Waals surface area contributed by atoms with Crippen LogP contribution in [0.3, 0.4) is 0 Å². The van der Waals surface area contributed by atoms with E-state index in [9.17, 15) is 4.79 Å². The molecule has 3 nitrogen and oxygen atoms in total. The Bertz CT molecular complexity index is 351. The molecule has 2 unspecified atom stereocenters. The molecule has 3 N–H and O–H groups in total. The first-order valence-electron chi connectivity index (χ1n) is 8.62. The summed E-state index contributed by atoms with van der Waals surface area (Å²) in [6.07, 6.45) is 9.31. The maximum Gasteiger partial charge on any atom is 0.233 e. The van der Waals surface area contributed by atoms with Crippen molar-refractivity contribution < 1.29 is 4.79 Å². The Balaban J connectivity index is 2.86. The van der Waals surface area contributed by atoms with Gasteiger partial charge in [-0.15, -0.1) is 0 Å². The molecule has 0 aromatic heterocycles. The summed E-state index contributed by atoms with van der Waals surface area (Å²) in [5, 5.41) is 3.31. The molecule has 0 aromatic rings. The normalized spacial score (nSPS) is 22.8. The minimum absolute atomic E-state index is 0.0732. The van der Waals surface area contributed by atoms with Crippen LogP contribution in [0.25, 0.3) is 0 Å². The Morgan fingerprint density at radius 1 is 1.19 bits per heavy atom. The van der Waals surface area contributed by atoms with Crippen molar-refractivity contribution in [3.05, 3.63) is 0 Å². The predicted octanol–water partition coefficient (Wildman–Crippen LogP) is 3.94. The van der Waals surface area contributed by atoms with Crippen molar-refractivity contribution in [2.24, 2.45) is 17.1 Å². The third-order valence-electron chi connectivity index (χ3n) is 5.01. The predicted molar refractivity (Wildman–Crippen MR) is 93.2 cm³/mol. The van der Waals surface area contributed by atoms with Crippen LogP contribution >= 0.6 is 12.2 Å². The highest BCUT2D eigenvalue weighted by atomic mass is 32.1. The van der Waals surface area contributed by atoms with E-state index in [4.69, 9.17) is 18.0 Å². The second kappa shape index (κ2) is 8.72. The van der Waals surface area contributed by atoms with Crippen LogP contribution in [0.15, 0.2) is 0 Å². The van der Waals surface area contributed by atoms with Crippen LogP contribution in [-0.4, -0.2) is 16.9 Å². The van der Waals surface area contributed by atoms with E-state index in [-0.39, 0.29) is 5.91 Å². The lowest BCUT2D eigenvalue weighted by Gasteiger charge is -2.37. The molecule has 0 spiro atoms. The summed E-state index contributed by atoms with van der Waals surface area (Å²) in [4.78, 5) is 13.3. The van der Waals surface area contributed by atoms with Gasteiger partial charge in [0.15, 0.2) is 0 Å². The van der Waals surface area contributed by atoms with Gasteiger partial charge in [-0.25, -0.2) is 0 Å². The third-order valence-corrected chi connectivity index (χ3v) is 5.40. The Labute approximate surface area is 135 Å². The molecular formula is C17H32N2OS. The largest absolute Gasteiger partial charge is 0.392 e. The molecule has 1 fully saturated rings.